The molecule has 22 heavy (non-hydrogen) atoms. The van der Waals surface area contributed by atoms with Crippen LogP contribution in [0.2, 0.25) is 0 Å². The average Bonchev–Trinajstić information content (AvgIpc) is 2.52. The summed E-state index contributed by atoms with van der Waals surface area (Å²) in [5.74, 6) is 0. The van der Waals surface area contributed by atoms with Gasteiger partial charge in [0, 0.05) is 0 Å². The van der Waals surface area contributed by atoms with E-state index in [0.29, 0.717) is 12.1 Å². The van der Waals surface area contributed by atoms with Crippen molar-refractivity contribution in [3.8, 4) is 0 Å². The Morgan fingerprint density at radius 3 is 2.27 bits per heavy atom. The summed E-state index contributed by atoms with van der Waals surface area (Å²) in [5.41, 5.74) is 2.27. The number of benzene rings is 2. The second kappa shape index (κ2) is 6.48. The molecule has 0 N–H and O–H groups in total. The molecule has 0 bridgehead atoms. The van der Waals surface area contributed by atoms with Crippen LogP contribution in [-0.4, -0.2) is 0 Å². The lowest BCUT2D eigenvalue weighted by Crippen LogP contribution is -2.04. The second-order valence-electron chi connectivity index (χ2n) is 4.77. The zero-order chi connectivity index (χ0) is 16.2. The normalized spacial score (nSPS) is 12.0. The summed E-state index contributed by atoms with van der Waals surface area (Å²) in [7, 11) is 0. The third-order valence-corrected chi connectivity index (χ3v) is 3.35. The number of alkyl halides is 3. The predicted octanol–water partition coefficient (Wildman–Crippen LogP) is 6.21. The molecule has 0 aliphatic rings. The SMILES string of the molecule is [C-]#[N+]c1ccccc1/C=C(\CC)c1ccc(C(F)(F)F)cc1. The van der Waals surface area contributed by atoms with Gasteiger partial charge in [-0.15, -0.1) is 0 Å². The van der Waals surface area contributed by atoms with Crippen molar-refractivity contribution in [1.29, 1.82) is 0 Å². The van der Waals surface area contributed by atoms with Crippen LogP contribution in [0.15, 0.2) is 48.5 Å². The van der Waals surface area contributed by atoms with Gasteiger partial charge in [0.05, 0.1) is 12.1 Å². The smallest absolute Gasteiger partial charge is 0.238 e. The van der Waals surface area contributed by atoms with Crippen LogP contribution in [0.5, 0.6) is 0 Å². The van der Waals surface area contributed by atoms with Gasteiger partial charge in [-0.25, -0.2) is 4.85 Å². The number of nitrogens with zero attached hydrogens (tertiary/aromatic N) is 1. The average molecular weight is 301 g/mol. The molecule has 0 aliphatic carbocycles. The van der Waals surface area contributed by atoms with E-state index in [0.717, 1.165) is 28.8 Å². The number of halogens is 3. The molecule has 0 atom stereocenters. The maximum absolute atomic E-state index is 12.6. The molecule has 2 aromatic rings. The minimum atomic E-state index is -4.33. The summed E-state index contributed by atoms with van der Waals surface area (Å²) in [4.78, 5) is 3.45. The number of rotatable bonds is 3. The highest BCUT2D eigenvalue weighted by Crippen LogP contribution is 2.31. The Kier molecular flexibility index (Phi) is 4.67. The van der Waals surface area contributed by atoms with E-state index in [1.165, 1.54) is 12.1 Å². The summed E-state index contributed by atoms with van der Waals surface area (Å²) >= 11 is 0. The van der Waals surface area contributed by atoms with Crippen LogP contribution in [0.3, 0.4) is 0 Å². The Morgan fingerprint density at radius 1 is 1.09 bits per heavy atom. The molecule has 4 heteroatoms. The molecule has 112 valence electrons. The number of para-hydroxylation sites is 1. The van der Waals surface area contributed by atoms with Gasteiger partial charge in [-0.2, -0.15) is 13.2 Å². The fourth-order valence-electron chi connectivity index (χ4n) is 2.16. The van der Waals surface area contributed by atoms with Gasteiger partial charge in [0.1, 0.15) is 0 Å². The van der Waals surface area contributed by atoms with E-state index < -0.39 is 11.7 Å². The molecular weight excluding hydrogens is 287 g/mol. The maximum atomic E-state index is 12.6. The molecule has 1 nitrogen and oxygen atoms in total. The quantitative estimate of drug-likeness (QED) is 0.469. The molecule has 0 fully saturated rings. The van der Waals surface area contributed by atoms with Crippen molar-refractivity contribution in [1.82, 2.24) is 0 Å². The molecule has 0 saturated heterocycles. The standard InChI is InChI=1S/C18H14F3N/c1-3-13(12-15-6-4-5-7-17(15)22-2)14-8-10-16(11-9-14)18(19,20)21/h4-12H,3H2,1H3/b13-12+. The molecule has 0 heterocycles. The number of hydrogen-bond donors (Lipinski definition) is 0. The zero-order valence-corrected chi connectivity index (χ0v) is 12.0. The largest absolute Gasteiger partial charge is 0.416 e. The van der Waals surface area contributed by atoms with Crippen molar-refractivity contribution in [3.63, 3.8) is 0 Å². The summed E-state index contributed by atoms with van der Waals surface area (Å²) in [6, 6.07) is 12.3. The Hall–Kier alpha value is -2.54. The summed E-state index contributed by atoms with van der Waals surface area (Å²) in [6.07, 6.45) is -1.81. The lowest BCUT2D eigenvalue weighted by Gasteiger charge is -2.10. The van der Waals surface area contributed by atoms with Gasteiger partial charge < -0.3 is 0 Å². The van der Waals surface area contributed by atoms with Crippen molar-refractivity contribution in [2.24, 2.45) is 0 Å². The van der Waals surface area contributed by atoms with Gasteiger partial charge in [-0.3, -0.25) is 0 Å². The van der Waals surface area contributed by atoms with E-state index in [1.807, 2.05) is 25.1 Å². The predicted molar refractivity (Wildman–Crippen MR) is 82.3 cm³/mol. The molecule has 0 aromatic heterocycles. The molecule has 0 spiro atoms. The Bertz CT molecular complexity index is 719. The van der Waals surface area contributed by atoms with Crippen molar-refractivity contribution in [2.75, 3.05) is 0 Å². The van der Waals surface area contributed by atoms with E-state index in [1.54, 1.807) is 12.1 Å². The summed E-state index contributed by atoms with van der Waals surface area (Å²) < 4.78 is 37.8. The van der Waals surface area contributed by atoms with Crippen molar-refractivity contribution in [3.05, 3.63) is 76.6 Å². The van der Waals surface area contributed by atoms with Crippen LogP contribution < -0.4 is 0 Å². The topological polar surface area (TPSA) is 4.36 Å². The van der Waals surface area contributed by atoms with E-state index >= 15 is 0 Å². The summed E-state index contributed by atoms with van der Waals surface area (Å²) in [6.45, 7) is 9.09. The highest BCUT2D eigenvalue weighted by Gasteiger charge is 2.29. The van der Waals surface area contributed by atoms with Gasteiger partial charge in [-0.05, 0) is 35.3 Å². The first-order valence-corrected chi connectivity index (χ1v) is 6.80. The summed E-state index contributed by atoms with van der Waals surface area (Å²) in [5, 5.41) is 0. The zero-order valence-electron chi connectivity index (χ0n) is 12.0. The Balaban J connectivity index is 2.40. The van der Waals surface area contributed by atoms with Crippen LogP contribution >= 0.6 is 0 Å². The first kappa shape index (κ1) is 15.8. The van der Waals surface area contributed by atoms with E-state index in [-0.39, 0.29) is 0 Å². The van der Waals surface area contributed by atoms with Crippen LogP contribution in [0.1, 0.15) is 30.0 Å². The third kappa shape index (κ3) is 3.56. The number of hydrogen-bond acceptors (Lipinski definition) is 0. The fourth-order valence-corrected chi connectivity index (χ4v) is 2.16. The van der Waals surface area contributed by atoms with Crippen LogP contribution in [0, 0.1) is 6.57 Å². The molecule has 0 unspecified atom stereocenters. The first-order valence-electron chi connectivity index (χ1n) is 6.80. The van der Waals surface area contributed by atoms with Crippen molar-refractivity contribution >= 4 is 17.3 Å². The van der Waals surface area contributed by atoms with Gasteiger partial charge in [0.15, 0.2) is 5.69 Å². The molecule has 0 radical (unpaired) electrons. The Morgan fingerprint density at radius 2 is 1.73 bits per heavy atom. The highest BCUT2D eigenvalue weighted by molar-refractivity contribution is 5.85. The van der Waals surface area contributed by atoms with Gasteiger partial charge in [0.25, 0.3) is 0 Å². The third-order valence-electron chi connectivity index (χ3n) is 3.35. The highest BCUT2D eigenvalue weighted by atomic mass is 19.4. The van der Waals surface area contributed by atoms with Gasteiger partial charge in [-0.1, -0.05) is 49.4 Å². The van der Waals surface area contributed by atoms with E-state index in [4.69, 9.17) is 6.57 Å². The van der Waals surface area contributed by atoms with E-state index in [2.05, 4.69) is 4.85 Å². The molecular formula is C18H14F3N. The minimum absolute atomic E-state index is 0.528. The van der Waals surface area contributed by atoms with E-state index in [9.17, 15) is 13.2 Å². The van der Waals surface area contributed by atoms with Crippen LogP contribution in [-0.2, 0) is 6.18 Å². The molecule has 2 aromatic carbocycles. The minimum Gasteiger partial charge on any atom is -0.238 e. The number of allylic oxidation sites excluding steroid dienone is 1. The lowest BCUT2D eigenvalue weighted by molar-refractivity contribution is -0.137. The maximum Gasteiger partial charge on any atom is 0.416 e. The first-order chi connectivity index (χ1) is 10.5. The molecule has 2 rings (SSSR count). The molecule has 0 saturated carbocycles. The fraction of sp³-hybridized carbons (Fsp3) is 0.167. The second-order valence-corrected chi connectivity index (χ2v) is 4.77. The van der Waals surface area contributed by atoms with Gasteiger partial charge >= 0.3 is 6.18 Å². The van der Waals surface area contributed by atoms with Crippen molar-refractivity contribution in [2.45, 2.75) is 19.5 Å². The monoisotopic (exact) mass is 301 g/mol. The lowest BCUT2D eigenvalue weighted by atomic mass is 9.99. The molecule has 0 aliphatic heterocycles. The van der Waals surface area contributed by atoms with Crippen LogP contribution in [0.25, 0.3) is 16.5 Å². The van der Waals surface area contributed by atoms with Gasteiger partial charge in [0.2, 0.25) is 0 Å². The Labute approximate surface area is 127 Å². The van der Waals surface area contributed by atoms with Crippen LogP contribution in [0.4, 0.5) is 18.9 Å². The van der Waals surface area contributed by atoms with Crippen molar-refractivity contribution < 1.29 is 13.2 Å². The molecule has 0 amide bonds.